The van der Waals surface area contributed by atoms with E-state index in [0.717, 1.165) is 16.0 Å². The van der Waals surface area contributed by atoms with Gasteiger partial charge in [0.05, 0.1) is 0 Å². The summed E-state index contributed by atoms with van der Waals surface area (Å²) in [6, 6.07) is 17.3. The Hall–Kier alpha value is -1.97. The van der Waals surface area contributed by atoms with E-state index in [0.29, 0.717) is 0 Å². The highest BCUT2D eigenvalue weighted by Gasteiger charge is 2.34. The van der Waals surface area contributed by atoms with Gasteiger partial charge in [-0.3, -0.25) is 4.98 Å². The summed E-state index contributed by atoms with van der Waals surface area (Å²) in [4.78, 5) is 4.93. The zero-order valence-corrected chi connectivity index (χ0v) is 11.0. The highest BCUT2D eigenvalue weighted by atomic mass is 32.1. The molecule has 19 heavy (non-hydrogen) atoms. The minimum absolute atomic E-state index is 0.830. The van der Waals surface area contributed by atoms with Crippen LogP contribution in [-0.2, 0) is 5.60 Å². The third-order valence-corrected chi connectivity index (χ3v) is 4.15. The van der Waals surface area contributed by atoms with Gasteiger partial charge in [-0.05, 0) is 34.7 Å². The average molecular weight is 267 g/mol. The van der Waals surface area contributed by atoms with Crippen molar-refractivity contribution in [2.45, 2.75) is 5.60 Å². The van der Waals surface area contributed by atoms with Gasteiger partial charge in [0.1, 0.15) is 5.60 Å². The van der Waals surface area contributed by atoms with Crippen LogP contribution in [0.1, 0.15) is 16.0 Å². The molecule has 0 saturated heterocycles. The SMILES string of the molecule is OC(c1ccccc1)(c1ccncc1)c1cccs1. The predicted octanol–water partition coefficient (Wildman–Crippen LogP) is 3.43. The van der Waals surface area contributed by atoms with Crippen LogP contribution < -0.4 is 0 Å². The van der Waals surface area contributed by atoms with Crippen molar-refractivity contribution in [2.24, 2.45) is 0 Å². The lowest BCUT2D eigenvalue weighted by Crippen LogP contribution is -2.27. The van der Waals surface area contributed by atoms with Crippen molar-refractivity contribution in [3.05, 3.63) is 88.4 Å². The van der Waals surface area contributed by atoms with E-state index >= 15 is 0 Å². The fourth-order valence-corrected chi connectivity index (χ4v) is 3.08. The first-order valence-corrected chi connectivity index (χ1v) is 6.92. The number of aromatic nitrogens is 1. The number of nitrogens with zero attached hydrogens (tertiary/aromatic N) is 1. The zero-order valence-electron chi connectivity index (χ0n) is 10.2. The monoisotopic (exact) mass is 267 g/mol. The van der Waals surface area contributed by atoms with Crippen molar-refractivity contribution in [1.82, 2.24) is 4.98 Å². The summed E-state index contributed by atoms with van der Waals surface area (Å²) in [5.74, 6) is 0. The van der Waals surface area contributed by atoms with Crippen LogP contribution in [0.15, 0.2) is 72.4 Å². The second-order valence-corrected chi connectivity index (χ2v) is 5.24. The molecular formula is C16H13NOS. The predicted molar refractivity (Wildman–Crippen MR) is 77.1 cm³/mol. The molecule has 0 aliphatic heterocycles. The van der Waals surface area contributed by atoms with Gasteiger partial charge >= 0.3 is 0 Å². The van der Waals surface area contributed by atoms with Crippen molar-refractivity contribution in [3.63, 3.8) is 0 Å². The summed E-state index contributed by atoms with van der Waals surface area (Å²) in [6.07, 6.45) is 3.41. The van der Waals surface area contributed by atoms with E-state index in [1.807, 2.05) is 60.0 Å². The molecule has 0 bridgehead atoms. The summed E-state index contributed by atoms with van der Waals surface area (Å²) in [7, 11) is 0. The summed E-state index contributed by atoms with van der Waals surface area (Å²) in [5, 5.41) is 13.3. The van der Waals surface area contributed by atoms with Crippen LogP contribution >= 0.6 is 11.3 Å². The van der Waals surface area contributed by atoms with E-state index in [1.165, 1.54) is 0 Å². The van der Waals surface area contributed by atoms with E-state index < -0.39 is 5.60 Å². The largest absolute Gasteiger partial charge is 0.375 e. The summed E-state index contributed by atoms with van der Waals surface area (Å²) in [5.41, 5.74) is 0.582. The highest BCUT2D eigenvalue weighted by Crippen LogP contribution is 2.38. The first-order valence-electron chi connectivity index (χ1n) is 6.04. The Morgan fingerprint density at radius 3 is 2.16 bits per heavy atom. The normalized spacial score (nSPS) is 13.9. The van der Waals surface area contributed by atoms with Crippen LogP contribution in [0.25, 0.3) is 0 Å². The van der Waals surface area contributed by atoms with Gasteiger partial charge in [-0.1, -0.05) is 36.4 Å². The molecule has 0 radical (unpaired) electrons. The van der Waals surface area contributed by atoms with Crippen LogP contribution in [0.3, 0.4) is 0 Å². The topological polar surface area (TPSA) is 33.1 Å². The molecular weight excluding hydrogens is 254 g/mol. The third kappa shape index (κ3) is 2.07. The van der Waals surface area contributed by atoms with Crippen molar-refractivity contribution < 1.29 is 5.11 Å². The van der Waals surface area contributed by atoms with E-state index in [9.17, 15) is 5.11 Å². The molecule has 2 heterocycles. The van der Waals surface area contributed by atoms with E-state index in [1.54, 1.807) is 23.7 Å². The molecule has 0 saturated carbocycles. The fraction of sp³-hybridized carbons (Fsp3) is 0.0625. The van der Waals surface area contributed by atoms with Gasteiger partial charge in [0.25, 0.3) is 0 Å². The van der Waals surface area contributed by atoms with Crippen molar-refractivity contribution in [1.29, 1.82) is 0 Å². The quantitative estimate of drug-likeness (QED) is 0.788. The number of thiophene rings is 1. The lowest BCUT2D eigenvalue weighted by molar-refractivity contribution is 0.129. The van der Waals surface area contributed by atoms with Gasteiger partial charge in [0, 0.05) is 17.3 Å². The molecule has 0 aliphatic carbocycles. The highest BCUT2D eigenvalue weighted by molar-refractivity contribution is 7.10. The molecule has 2 nitrogen and oxygen atoms in total. The van der Waals surface area contributed by atoms with Crippen molar-refractivity contribution >= 4 is 11.3 Å². The van der Waals surface area contributed by atoms with Gasteiger partial charge in [0.15, 0.2) is 0 Å². The van der Waals surface area contributed by atoms with Crippen LogP contribution in [-0.4, -0.2) is 10.1 Å². The number of rotatable bonds is 3. The standard InChI is InChI=1S/C16H13NOS/c18-16(15-7-4-12-19-15,13-5-2-1-3-6-13)14-8-10-17-11-9-14/h1-12,18H. The first-order chi connectivity index (χ1) is 9.32. The molecule has 1 unspecified atom stereocenters. The van der Waals surface area contributed by atoms with Gasteiger partial charge in [-0.2, -0.15) is 0 Å². The molecule has 1 atom stereocenters. The Morgan fingerprint density at radius 2 is 1.53 bits per heavy atom. The lowest BCUT2D eigenvalue weighted by Gasteiger charge is -2.28. The number of pyridine rings is 1. The van der Waals surface area contributed by atoms with Gasteiger partial charge in [-0.15, -0.1) is 11.3 Å². The van der Waals surface area contributed by atoms with E-state index in [4.69, 9.17) is 0 Å². The second kappa shape index (κ2) is 4.96. The Morgan fingerprint density at radius 1 is 0.842 bits per heavy atom. The molecule has 3 rings (SSSR count). The molecule has 0 spiro atoms. The molecule has 2 aromatic heterocycles. The maximum absolute atomic E-state index is 11.3. The van der Waals surface area contributed by atoms with E-state index in [-0.39, 0.29) is 0 Å². The lowest BCUT2D eigenvalue weighted by atomic mass is 9.85. The molecule has 0 aliphatic rings. The van der Waals surface area contributed by atoms with Gasteiger partial charge in [0.2, 0.25) is 0 Å². The van der Waals surface area contributed by atoms with Crippen LogP contribution in [0.2, 0.25) is 0 Å². The maximum Gasteiger partial charge on any atom is 0.149 e. The number of benzene rings is 1. The first kappa shape index (κ1) is 12.1. The molecule has 3 aromatic rings. The fourth-order valence-electron chi connectivity index (χ4n) is 2.21. The Bertz CT molecular complexity index is 596. The van der Waals surface area contributed by atoms with E-state index in [2.05, 4.69) is 4.98 Å². The van der Waals surface area contributed by atoms with Crippen molar-refractivity contribution in [3.8, 4) is 0 Å². The minimum Gasteiger partial charge on any atom is -0.375 e. The van der Waals surface area contributed by atoms with Gasteiger partial charge in [-0.25, -0.2) is 0 Å². The van der Waals surface area contributed by atoms with Gasteiger partial charge < -0.3 is 5.11 Å². The molecule has 0 amide bonds. The van der Waals surface area contributed by atoms with Crippen LogP contribution in [0, 0.1) is 0 Å². The van der Waals surface area contributed by atoms with Crippen LogP contribution in [0.5, 0.6) is 0 Å². The second-order valence-electron chi connectivity index (χ2n) is 4.29. The van der Waals surface area contributed by atoms with Crippen molar-refractivity contribution in [2.75, 3.05) is 0 Å². The Balaban J connectivity index is 2.23. The minimum atomic E-state index is -1.11. The summed E-state index contributed by atoms with van der Waals surface area (Å²) < 4.78 is 0. The smallest absolute Gasteiger partial charge is 0.149 e. The Labute approximate surface area is 116 Å². The Kier molecular flexibility index (Phi) is 3.15. The van der Waals surface area contributed by atoms with Crippen LogP contribution in [0.4, 0.5) is 0 Å². The summed E-state index contributed by atoms with van der Waals surface area (Å²) in [6.45, 7) is 0. The molecule has 94 valence electrons. The average Bonchev–Trinajstić information content (AvgIpc) is 3.03. The number of hydrogen-bond donors (Lipinski definition) is 1. The maximum atomic E-state index is 11.3. The zero-order chi connectivity index (χ0) is 13.1. The number of aliphatic hydroxyl groups is 1. The molecule has 0 fully saturated rings. The summed E-state index contributed by atoms with van der Waals surface area (Å²) >= 11 is 1.55. The third-order valence-electron chi connectivity index (χ3n) is 3.17. The number of hydrogen-bond acceptors (Lipinski definition) is 3. The molecule has 3 heteroatoms. The molecule has 1 N–H and O–H groups in total. The molecule has 1 aromatic carbocycles.